The minimum absolute atomic E-state index is 0.827. The summed E-state index contributed by atoms with van der Waals surface area (Å²) in [6.45, 7) is 11.0. The monoisotopic (exact) mass is 310 g/mol. The average molecular weight is 311 g/mol. The first-order valence-electron chi connectivity index (χ1n) is 8.11. The van der Waals surface area contributed by atoms with Crippen LogP contribution in [-0.4, -0.2) is 14.9 Å². The predicted octanol–water partition coefficient (Wildman–Crippen LogP) is 5.18. The van der Waals surface area contributed by atoms with Crippen LogP contribution in [0.3, 0.4) is 0 Å². The van der Waals surface area contributed by atoms with Gasteiger partial charge in [0.1, 0.15) is 0 Å². The van der Waals surface area contributed by atoms with Gasteiger partial charge in [-0.2, -0.15) is 0 Å². The summed E-state index contributed by atoms with van der Waals surface area (Å²) in [7, 11) is -2.11. The van der Waals surface area contributed by atoms with Crippen LogP contribution in [0, 0.1) is 0 Å². The molecule has 0 radical (unpaired) electrons. The highest BCUT2D eigenvalue weighted by atomic mass is 28.4. The van der Waals surface area contributed by atoms with Crippen LogP contribution in [0.25, 0.3) is 10.8 Å². The molecule has 2 aromatic rings. The molecule has 116 valence electrons. The van der Waals surface area contributed by atoms with E-state index >= 15 is 0 Å². The van der Waals surface area contributed by atoms with Gasteiger partial charge in [0.05, 0.1) is 0 Å². The SMILES string of the molecule is C=CC[Si](CC=C)(OCCCC)c1cccc2ccccc12. The molecule has 0 unspecified atom stereocenters. The smallest absolute Gasteiger partial charge is 0.232 e. The largest absolute Gasteiger partial charge is 0.412 e. The van der Waals surface area contributed by atoms with Gasteiger partial charge in [0.2, 0.25) is 8.32 Å². The third kappa shape index (κ3) is 3.57. The molecule has 0 heterocycles. The number of unbranched alkanes of at least 4 members (excludes halogenated alkanes) is 1. The van der Waals surface area contributed by atoms with Crippen molar-refractivity contribution in [3.8, 4) is 0 Å². The van der Waals surface area contributed by atoms with E-state index in [9.17, 15) is 0 Å². The van der Waals surface area contributed by atoms with Crippen molar-refractivity contribution < 1.29 is 4.43 Å². The maximum Gasteiger partial charge on any atom is 0.232 e. The normalized spacial score (nSPS) is 11.5. The number of rotatable bonds is 9. The highest BCUT2D eigenvalue weighted by Crippen LogP contribution is 2.24. The maximum atomic E-state index is 6.54. The van der Waals surface area contributed by atoms with E-state index in [1.54, 1.807) is 0 Å². The van der Waals surface area contributed by atoms with Crippen LogP contribution in [-0.2, 0) is 4.43 Å². The predicted molar refractivity (Wildman–Crippen MR) is 100 cm³/mol. The van der Waals surface area contributed by atoms with Gasteiger partial charge in [-0.05, 0) is 34.5 Å². The Balaban J connectivity index is 2.53. The molecule has 22 heavy (non-hydrogen) atoms. The molecule has 1 nitrogen and oxygen atoms in total. The van der Waals surface area contributed by atoms with Crippen LogP contribution in [0.2, 0.25) is 12.1 Å². The number of hydrogen-bond acceptors (Lipinski definition) is 1. The van der Waals surface area contributed by atoms with Crippen LogP contribution in [0.15, 0.2) is 67.8 Å². The van der Waals surface area contributed by atoms with Gasteiger partial charge >= 0.3 is 0 Å². The van der Waals surface area contributed by atoms with Crippen molar-refractivity contribution in [1.82, 2.24) is 0 Å². The fraction of sp³-hybridized carbons (Fsp3) is 0.300. The van der Waals surface area contributed by atoms with Gasteiger partial charge in [0.25, 0.3) is 0 Å². The van der Waals surface area contributed by atoms with Crippen molar-refractivity contribution in [3.05, 3.63) is 67.8 Å². The minimum Gasteiger partial charge on any atom is -0.412 e. The van der Waals surface area contributed by atoms with E-state index in [0.29, 0.717) is 0 Å². The standard InChI is InChI=1S/C20H26OSi/c1-4-7-15-21-22(16-5-2,17-6-3)20-14-10-12-18-11-8-9-13-19(18)20/h5-6,8-14H,2-4,7,15-17H2,1H3. The number of allylic oxidation sites excluding steroid dienone is 2. The van der Waals surface area contributed by atoms with Crippen molar-refractivity contribution in [3.63, 3.8) is 0 Å². The van der Waals surface area contributed by atoms with E-state index in [1.807, 2.05) is 12.2 Å². The summed E-state index contributed by atoms with van der Waals surface area (Å²) in [5, 5.41) is 3.97. The minimum atomic E-state index is -2.11. The lowest BCUT2D eigenvalue weighted by molar-refractivity contribution is 0.302. The highest BCUT2D eigenvalue weighted by molar-refractivity contribution is 6.89. The Kier molecular flexibility index (Phi) is 6.17. The molecule has 0 atom stereocenters. The van der Waals surface area contributed by atoms with Gasteiger partial charge in [0.15, 0.2) is 0 Å². The van der Waals surface area contributed by atoms with Crippen LogP contribution in [0.4, 0.5) is 0 Å². The van der Waals surface area contributed by atoms with Crippen LogP contribution >= 0.6 is 0 Å². The molecule has 0 saturated heterocycles. The summed E-state index contributed by atoms with van der Waals surface area (Å²) in [6.07, 6.45) is 6.29. The Morgan fingerprint density at radius 1 is 1.00 bits per heavy atom. The van der Waals surface area contributed by atoms with Gasteiger partial charge in [-0.25, -0.2) is 0 Å². The Morgan fingerprint density at radius 2 is 1.68 bits per heavy atom. The van der Waals surface area contributed by atoms with E-state index in [1.165, 1.54) is 16.0 Å². The molecule has 0 fully saturated rings. The summed E-state index contributed by atoms with van der Waals surface area (Å²) in [6, 6.07) is 17.0. The topological polar surface area (TPSA) is 9.23 Å². The summed E-state index contributed by atoms with van der Waals surface area (Å²) < 4.78 is 6.54. The second-order valence-corrected chi connectivity index (χ2v) is 9.34. The molecule has 0 bridgehead atoms. The van der Waals surface area contributed by atoms with Gasteiger partial charge in [0, 0.05) is 6.61 Å². The van der Waals surface area contributed by atoms with Crippen molar-refractivity contribution in [2.24, 2.45) is 0 Å². The molecule has 2 heteroatoms. The molecule has 0 saturated carbocycles. The van der Waals surface area contributed by atoms with E-state index < -0.39 is 8.32 Å². The maximum absolute atomic E-state index is 6.54. The van der Waals surface area contributed by atoms with Crippen molar-refractivity contribution in [2.75, 3.05) is 6.61 Å². The van der Waals surface area contributed by atoms with Gasteiger partial charge in [-0.3, -0.25) is 0 Å². The van der Waals surface area contributed by atoms with E-state index in [0.717, 1.165) is 31.5 Å². The average Bonchev–Trinajstić information content (AvgIpc) is 2.55. The molecule has 2 aromatic carbocycles. The van der Waals surface area contributed by atoms with Crippen molar-refractivity contribution in [2.45, 2.75) is 31.9 Å². The Hall–Kier alpha value is -1.64. The molecule has 0 N–H and O–H groups in total. The summed E-state index contributed by atoms with van der Waals surface area (Å²) in [5.74, 6) is 0. The van der Waals surface area contributed by atoms with Crippen LogP contribution < -0.4 is 5.19 Å². The Morgan fingerprint density at radius 3 is 2.36 bits per heavy atom. The summed E-state index contributed by atoms with van der Waals surface area (Å²) in [5.41, 5.74) is 0. The van der Waals surface area contributed by atoms with E-state index in [-0.39, 0.29) is 0 Å². The van der Waals surface area contributed by atoms with Crippen molar-refractivity contribution >= 4 is 24.3 Å². The first kappa shape index (κ1) is 16.7. The molecule has 0 amide bonds. The Bertz CT molecular complexity index is 617. The van der Waals surface area contributed by atoms with Crippen LogP contribution in [0.5, 0.6) is 0 Å². The number of benzene rings is 2. The second kappa shape index (κ2) is 8.11. The zero-order chi connectivity index (χ0) is 15.8. The molecule has 0 aliphatic heterocycles. The van der Waals surface area contributed by atoms with Gasteiger partial charge in [-0.1, -0.05) is 68.0 Å². The van der Waals surface area contributed by atoms with E-state index in [2.05, 4.69) is 62.5 Å². The molecule has 0 aliphatic rings. The number of fused-ring (bicyclic) bond motifs is 1. The second-order valence-electron chi connectivity index (χ2n) is 5.71. The summed E-state index contributed by atoms with van der Waals surface area (Å²) >= 11 is 0. The lowest BCUT2D eigenvalue weighted by Gasteiger charge is -2.31. The third-order valence-corrected chi connectivity index (χ3v) is 8.18. The lowest BCUT2D eigenvalue weighted by Crippen LogP contribution is -2.50. The van der Waals surface area contributed by atoms with Gasteiger partial charge in [-0.15, -0.1) is 13.2 Å². The third-order valence-electron chi connectivity index (χ3n) is 4.10. The quantitative estimate of drug-likeness (QED) is 0.352. The molecule has 0 aromatic heterocycles. The molecular formula is C20H26OSi. The molecule has 2 rings (SSSR count). The van der Waals surface area contributed by atoms with Gasteiger partial charge < -0.3 is 4.43 Å². The zero-order valence-electron chi connectivity index (χ0n) is 13.6. The first-order valence-corrected chi connectivity index (χ1v) is 10.4. The Labute approximate surface area is 135 Å². The molecule has 0 spiro atoms. The number of hydrogen-bond donors (Lipinski definition) is 0. The van der Waals surface area contributed by atoms with Crippen LogP contribution in [0.1, 0.15) is 19.8 Å². The lowest BCUT2D eigenvalue weighted by atomic mass is 10.1. The fourth-order valence-corrected chi connectivity index (χ4v) is 6.58. The zero-order valence-corrected chi connectivity index (χ0v) is 14.6. The highest BCUT2D eigenvalue weighted by Gasteiger charge is 2.36. The van der Waals surface area contributed by atoms with E-state index in [4.69, 9.17) is 4.43 Å². The fourth-order valence-electron chi connectivity index (χ4n) is 3.00. The molecule has 0 aliphatic carbocycles. The first-order chi connectivity index (χ1) is 10.8. The summed E-state index contributed by atoms with van der Waals surface area (Å²) in [4.78, 5) is 0. The molecular weight excluding hydrogens is 284 g/mol. The van der Waals surface area contributed by atoms with Crippen molar-refractivity contribution in [1.29, 1.82) is 0 Å².